The highest BCUT2D eigenvalue weighted by Gasteiger charge is 2.33. The number of amides is 2. The molecule has 0 unspecified atom stereocenters. The quantitative estimate of drug-likeness (QED) is 0.129. The molecule has 1 aliphatic rings. The Bertz CT molecular complexity index is 1450. The van der Waals surface area contributed by atoms with E-state index in [1.165, 1.54) is 11.3 Å². The number of benzene rings is 2. The number of piperidine rings is 1. The second-order valence-corrected chi connectivity index (χ2v) is 11.2. The van der Waals surface area contributed by atoms with Crippen LogP contribution in [0.25, 0.3) is 10.1 Å². The number of rotatable bonds is 12. The highest BCUT2D eigenvalue weighted by Crippen LogP contribution is 2.29. The minimum Gasteiger partial charge on any atom is -0.479 e. The smallest absolute Gasteiger partial charge is 0.308 e. The van der Waals surface area contributed by atoms with E-state index in [4.69, 9.17) is 9.47 Å². The van der Waals surface area contributed by atoms with Crippen molar-refractivity contribution >= 4 is 45.0 Å². The molecule has 43 heavy (non-hydrogen) atoms. The Morgan fingerprint density at radius 1 is 1.02 bits per heavy atom. The van der Waals surface area contributed by atoms with Gasteiger partial charge in [-0.3, -0.25) is 19.2 Å². The van der Waals surface area contributed by atoms with Gasteiger partial charge in [0, 0.05) is 29.8 Å². The Labute approximate surface area is 248 Å². The summed E-state index contributed by atoms with van der Waals surface area (Å²) >= 11 is 1.38. The molecule has 230 valence electrons. The summed E-state index contributed by atoms with van der Waals surface area (Å²) in [5, 5.41) is 3.45. The van der Waals surface area contributed by atoms with E-state index in [1.54, 1.807) is 4.90 Å². The number of ether oxygens (including phenoxy) is 2. The fourth-order valence-electron chi connectivity index (χ4n) is 4.60. The predicted molar refractivity (Wildman–Crippen MR) is 150 cm³/mol. The van der Waals surface area contributed by atoms with Crippen LogP contribution < -0.4 is 10.1 Å². The standard InChI is InChI=1S/C30H30F4N2O6S/c1-2-3-12-41-25(38)15-21(22(37)16-42-28-26(33)19(31)14-20(32)27(28)34)35-29(39)17-8-10-36(11-9-17)30(40)24-13-18-6-4-5-7-23(18)43-24/h4-7,13-14,17,21H,2-3,8-12,15-16H2,1H3,(H,35,39)/t21-/m0/s1. The molecular formula is C30H30F4N2O6S. The molecule has 2 heterocycles. The average Bonchev–Trinajstić information content (AvgIpc) is 3.44. The number of likely N-dealkylation sites (tertiary alicyclic amines) is 1. The fraction of sp³-hybridized carbons (Fsp3) is 0.400. The van der Waals surface area contributed by atoms with Gasteiger partial charge in [-0.05, 0) is 36.8 Å². The van der Waals surface area contributed by atoms with E-state index >= 15 is 0 Å². The number of esters is 1. The number of hydrogen-bond acceptors (Lipinski definition) is 7. The van der Waals surface area contributed by atoms with Crippen LogP contribution in [0.5, 0.6) is 5.75 Å². The van der Waals surface area contributed by atoms with Gasteiger partial charge in [0.15, 0.2) is 23.2 Å². The van der Waals surface area contributed by atoms with Gasteiger partial charge < -0.3 is 19.7 Å². The lowest BCUT2D eigenvalue weighted by Gasteiger charge is -2.31. The van der Waals surface area contributed by atoms with Crippen LogP contribution in [-0.2, 0) is 19.1 Å². The van der Waals surface area contributed by atoms with Gasteiger partial charge in [0.1, 0.15) is 12.6 Å². The molecule has 4 rings (SSSR count). The van der Waals surface area contributed by atoms with Crippen LogP contribution in [0.2, 0.25) is 0 Å². The van der Waals surface area contributed by atoms with Crippen LogP contribution in [-0.4, -0.2) is 60.8 Å². The Morgan fingerprint density at radius 2 is 1.70 bits per heavy atom. The minimum absolute atomic E-state index is 0.00391. The molecule has 13 heteroatoms. The van der Waals surface area contributed by atoms with Crippen LogP contribution >= 0.6 is 11.3 Å². The van der Waals surface area contributed by atoms with Gasteiger partial charge in [-0.15, -0.1) is 11.3 Å². The first-order valence-corrected chi connectivity index (χ1v) is 14.6. The first kappa shape index (κ1) is 31.9. The maximum Gasteiger partial charge on any atom is 0.308 e. The van der Waals surface area contributed by atoms with E-state index in [9.17, 15) is 36.7 Å². The van der Waals surface area contributed by atoms with Crippen molar-refractivity contribution < 1.29 is 46.2 Å². The predicted octanol–water partition coefficient (Wildman–Crippen LogP) is 5.18. The van der Waals surface area contributed by atoms with E-state index in [0.717, 1.165) is 16.5 Å². The summed E-state index contributed by atoms with van der Waals surface area (Å²) in [5.74, 6) is -11.6. The molecule has 3 aromatic rings. The third kappa shape index (κ3) is 7.89. The third-order valence-electron chi connectivity index (χ3n) is 7.06. The number of carbonyl (C=O) groups is 4. The number of ketones is 1. The largest absolute Gasteiger partial charge is 0.479 e. The monoisotopic (exact) mass is 622 g/mol. The fourth-order valence-corrected chi connectivity index (χ4v) is 5.63. The molecule has 2 aromatic carbocycles. The maximum atomic E-state index is 14.0. The van der Waals surface area contributed by atoms with Gasteiger partial charge in [-0.25, -0.2) is 8.78 Å². The number of hydrogen-bond donors (Lipinski definition) is 1. The molecule has 0 bridgehead atoms. The second kappa shape index (κ2) is 14.5. The lowest BCUT2D eigenvalue weighted by atomic mass is 9.95. The Morgan fingerprint density at radius 3 is 2.35 bits per heavy atom. The molecule has 2 amide bonds. The van der Waals surface area contributed by atoms with Gasteiger partial charge in [0.2, 0.25) is 17.5 Å². The number of carbonyl (C=O) groups excluding carboxylic acids is 4. The highest BCUT2D eigenvalue weighted by molar-refractivity contribution is 7.20. The Kier molecular flexibility index (Phi) is 10.7. The van der Waals surface area contributed by atoms with Crippen molar-refractivity contribution in [3.8, 4) is 5.75 Å². The summed E-state index contributed by atoms with van der Waals surface area (Å²) in [6, 6.07) is 7.96. The van der Waals surface area contributed by atoms with Crippen molar-refractivity contribution in [3.63, 3.8) is 0 Å². The SMILES string of the molecule is CCCCOC(=O)C[C@H](NC(=O)C1CCN(C(=O)c2cc3ccccc3s2)CC1)C(=O)COc1c(F)c(F)cc(F)c1F. The number of thiophene rings is 1. The van der Waals surface area contributed by atoms with Crippen molar-refractivity contribution in [2.75, 3.05) is 26.3 Å². The maximum absolute atomic E-state index is 14.0. The molecule has 0 aliphatic carbocycles. The zero-order chi connectivity index (χ0) is 31.1. The van der Waals surface area contributed by atoms with Crippen LogP contribution in [0.4, 0.5) is 17.6 Å². The number of unbranched alkanes of at least 4 members (excludes halogenated alkanes) is 1. The molecular weight excluding hydrogens is 592 g/mol. The lowest BCUT2D eigenvalue weighted by molar-refractivity contribution is -0.146. The van der Waals surface area contributed by atoms with Crippen molar-refractivity contribution in [2.45, 2.75) is 45.1 Å². The lowest BCUT2D eigenvalue weighted by Crippen LogP contribution is -2.49. The number of halogens is 4. The number of fused-ring (bicyclic) bond motifs is 1. The summed E-state index contributed by atoms with van der Waals surface area (Å²) in [5.41, 5.74) is 0. The van der Waals surface area contributed by atoms with Crippen molar-refractivity contribution in [1.29, 1.82) is 0 Å². The average molecular weight is 623 g/mol. The third-order valence-corrected chi connectivity index (χ3v) is 8.16. The normalized spacial score (nSPS) is 14.4. The van der Waals surface area contributed by atoms with E-state index < -0.39 is 71.7 Å². The zero-order valence-electron chi connectivity index (χ0n) is 23.3. The summed E-state index contributed by atoms with van der Waals surface area (Å²) in [6.07, 6.45) is 1.30. The number of Topliss-reactive ketones (excluding diaryl/α,β-unsaturated/α-hetero) is 1. The van der Waals surface area contributed by atoms with Crippen LogP contribution in [0.1, 0.15) is 48.7 Å². The van der Waals surface area contributed by atoms with E-state index in [0.29, 0.717) is 24.1 Å². The minimum atomic E-state index is -1.83. The highest BCUT2D eigenvalue weighted by atomic mass is 32.1. The van der Waals surface area contributed by atoms with Crippen LogP contribution in [0, 0.1) is 29.2 Å². The molecule has 1 N–H and O–H groups in total. The zero-order valence-corrected chi connectivity index (χ0v) is 24.1. The molecule has 1 atom stereocenters. The Hall–Kier alpha value is -4.00. The van der Waals surface area contributed by atoms with Crippen molar-refractivity contribution in [3.05, 3.63) is 64.5 Å². The number of nitrogens with zero attached hydrogens (tertiary/aromatic N) is 1. The summed E-state index contributed by atoms with van der Waals surface area (Å²) in [4.78, 5) is 53.7. The molecule has 8 nitrogen and oxygen atoms in total. The molecule has 1 aromatic heterocycles. The Balaban J connectivity index is 1.38. The van der Waals surface area contributed by atoms with E-state index in [2.05, 4.69) is 5.32 Å². The van der Waals surface area contributed by atoms with E-state index in [1.807, 2.05) is 37.3 Å². The summed E-state index contributed by atoms with van der Waals surface area (Å²) < 4.78 is 65.9. The summed E-state index contributed by atoms with van der Waals surface area (Å²) in [6.45, 7) is 1.45. The first-order valence-electron chi connectivity index (χ1n) is 13.8. The topological polar surface area (TPSA) is 102 Å². The molecule has 0 spiro atoms. The van der Waals surface area contributed by atoms with Gasteiger partial charge in [-0.1, -0.05) is 31.5 Å². The van der Waals surface area contributed by atoms with Crippen molar-refractivity contribution in [2.24, 2.45) is 5.92 Å². The molecule has 1 aliphatic heterocycles. The van der Waals surface area contributed by atoms with E-state index in [-0.39, 0.29) is 31.7 Å². The summed E-state index contributed by atoms with van der Waals surface area (Å²) in [7, 11) is 0. The van der Waals surface area contributed by atoms with Gasteiger partial charge in [0.05, 0.1) is 17.9 Å². The second-order valence-electron chi connectivity index (χ2n) is 10.1. The van der Waals surface area contributed by atoms with Gasteiger partial charge in [-0.2, -0.15) is 8.78 Å². The van der Waals surface area contributed by atoms with Gasteiger partial charge in [0.25, 0.3) is 5.91 Å². The molecule has 1 fully saturated rings. The molecule has 1 saturated heterocycles. The molecule has 0 saturated carbocycles. The van der Waals surface area contributed by atoms with Crippen LogP contribution in [0.3, 0.4) is 0 Å². The number of nitrogens with one attached hydrogen (secondary N) is 1. The van der Waals surface area contributed by atoms with Gasteiger partial charge >= 0.3 is 5.97 Å². The first-order chi connectivity index (χ1) is 20.6. The molecule has 0 radical (unpaired) electrons. The van der Waals surface area contributed by atoms with Crippen molar-refractivity contribution in [1.82, 2.24) is 10.2 Å². The van der Waals surface area contributed by atoms with Crippen LogP contribution in [0.15, 0.2) is 36.4 Å².